The lowest BCUT2D eigenvalue weighted by atomic mass is 10.1. The normalized spacial score (nSPS) is 10.7. The number of nitrogens with zero attached hydrogens (tertiary/aromatic N) is 1. The van der Waals surface area contributed by atoms with Crippen LogP contribution in [-0.2, 0) is 23.9 Å². The summed E-state index contributed by atoms with van der Waals surface area (Å²) in [6, 6.07) is 0. The van der Waals surface area contributed by atoms with Crippen molar-refractivity contribution in [1.82, 2.24) is 4.90 Å². The number of unbranched alkanes of at least 4 members (excludes halogenated alkanes) is 1. The van der Waals surface area contributed by atoms with E-state index in [1.54, 1.807) is 20.8 Å². The first-order chi connectivity index (χ1) is 11.5. The number of amides is 1. The van der Waals surface area contributed by atoms with Gasteiger partial charge in [-0.15, -0.1) is 6.42 Å². The number of esters is 1. The number of terminal acetylenes is 1. The molecule has 1 amide bonds. The summed E-state index contributed by atoms with van der Waals surface area (Å²) >= 11 is 0. The van der Waals surface area contributed by atoms with E-state index in [-0.39, 0.29) is 62.2 Å². The number of hydrogen-bond donors (Lipinski definition) is 0. The molecule has 6 nitrogen and oxygen atoms in total. The quantitative estimate of drug-likeness (QED) is 0.247. The topological polar surface area (TPSA) is 80.8 Å². The minimum Gasteiger partial charge on any atom is -0.460 e. The second-order valence-electron chi connectivity index (χ2n) is 6.94. The standard InChI is InChI=1S/C19H29NO5/c1-6-16(22)9-7-8-10-17(23)20(13-11-15(2)21)14-12-18(24)25-19(3,4)5/h1H,7-14H2,2-5H3. The van der Waals surface area contributed by atoms with Gasteiger partial charge < -0.3 is 9.64 Å². The smallest absolute Gasteiger partial charge is 0.308 e. The van der Waals surface area contributed by atoms with Crippen LogP contribution in [0.1, 0.15) is 66.2 Å². The first kappa shape index (κ1) is 22.8. The molecule has 0 aliphatic rings. The predicted molar refractivity (Wildman–Crippen MR) is 94.6 cm³/mol. The van der Waals surface area contributed by atoms with Crippen LogP contribution in [0.25, 0.3) is 0 Å². The van der Waals surface area contributed by atoms with Crippen molar-refractivity contribution in [2.75, 3.05) is 13.1 Å². The van der Waals surface area contributed by atoms with Crippen LogP contribution in [0.4, 0.5) is 0 Å². The lowest BCUT2D eigenvalue weighted by Gasteiger charge is -2.24. The van der Waals surface area contributed by atoms with Crippen LogP contribution in [0.15, 0.2) is 0 Å². The summed E-state index contributed by atoms with van der Waals surface area (Å²) in [6.07, 6.45) is 6.91. The lowest BCUT2D eigenvalue weighted by Crippen LogP contribution is -2.35. The van der Waals surface area contributed by atoms with E-state index in [0.717, 1.165) is 0 Å². The van der Waals surface area contributed by atoms with E-state index in [1.165, 1.54) is 11.8 Å². The van der Waals surface area contributed by atoms with Gasteiger partial charge in [0.25, 0.3) is 0 Å². The Labute approximate surface area is 150 Å². The molecule has 0 saturated carbocycles. The second-order valence-corrected chi connectivity index (χ2v) is 6.94. The first-order valence-electron chi connectivity index (χ1n) is 8.53. The first-order valence-corrected chi connectivity index (χ1v) is 8.53. The summed E-state index contributed by atoms with van der Waals surface area (Å²) in [5.41, 5.74) is -0.575. The fraction of sp³-hybridized carbons (Fsp3) is 0.684. The van der Waals surface area contributed by atoms with Gasteiger partial charge in [0, 0.05) is 32.4 Å². The molecule has 140 valence electrons. The molecule has 0 rings (SSSR count). The molecule has 0 atom stereocenters. The molecule has 25 heavy (non-hydrogen) atoms. The van der Waals surface area contributed by atoms with Gasteiger partial charge in [-0.2, -0.15) is 0 Å². The van der Waals surface area contributed by atoms with Crippen LogP contribution < -0.4 is 0 Å². The Morgan fingerprint density at radius 2 is 1.52 bits per heavy atom. The van der Waals surface area contributed by atoms with Crippen LogP contribution in [-0.4, -0.2) is 47.0 Å². The van der Waals surface area contributed by atoms with Crippen molar-refractivity contribution < 1.29 is 23.9 Å². The highest BCUT2D eigenvalue weighted by atomic mass is 16.6. The molecule has 0 aromatic heterocycles. The van der Waals surface area contributed by atoms with Crippen molar-refractivity contribution in [3.8, 4) is 12.3 Å². The zero-order chi connectivity index (χ0) is 19.5. The summed E-state index contributed by atoms with van der Waals surface area (Å²) in [7, 11) is 0. The summed E-state index contributed by atoms with van der Waals surface area (Å²) in [4.78, 5) is 47.8. The van der Waals surface area contributed by atoms with Gasteiger partial charge in [0.1, 0.15) is 11.4 Å². The van der Waals surface area contributed by atoms with E-state index in [2.05, 4.69) is 0 Å². The summed E-state index contributed by atoms with van der Waals surface area (Å²) in [5, 5.41) is 0. The molecule has 0 saturated heterocycles. The minimum absolute atomic E-state index is 0.0188. The van der Waals surface area contributed by atoms with Gasteiger partial charge in [0.2, 0.25) is 11.7 Å². The number of Topliss-reactive ketones (excluding diaryl/α,β-unsaturated/α-hetero) is 2. The van der Waals surface area contributed by atoms with E-state index in [9.17, 15) is 19.2 Å². The van der Waals surface area contributed by atoms with Gasteiger partial charge in [-0.3, -0.25) is 19.2 Å². The highest BCUT2D eigenvalue weighted by Gasteiger charge is 2.19. The third-order valence-electron chi connectivity index (χ3n) is 3.30. The van der Waals surface area contributed by atoms with Crippen LogP contribution >= 0.6 is 0 Å². The molecule has 0 aliphatic carbocycles. The maximum Gasteiger partial charge on any atom is 0.308 e. The Morgan fingerprint density at radius 1 is 0.960 bits per heavy atom. The predicted octanol–water partition coefficient (Wildman–Crippen LogP) is 2.29. The molecule has 0 fully saturated rings. The fourth-order valence-corrected chi connectivity index (χ4v) is 2.06. The van der Waals surface area contributed by atoms with Crippen LogP contribution in [0, 0.1) is 12.3 Å². The van der Waals surface area contributed by atoms with E-state index in [1.807, 2.05) is 5.92 Å². The minimum atomic E-state index is -0.575. The molecule has 6 heteroatoms. The van der Waals surface area contributed by atoms with Crippen LogP contribution in [0.5, 0.6) is 0 Å². The van der Waals surface area contributed by atoms with Crippen molar-refractivity contribution in [2.45, 2.75) is 71.8 Å². The number of rotatable bonds is 11. The largest absolute Gasteiger partial charge is 0.460 e. The van der Waals surface area contributed by atoms with Gasteiger partial charge in [-0.1, -0.05) is 0 Å². The van der Waals surface area contributed by atoms with Crippen molar-refractivity contribution in [1.29, 1.82) is 0 Å². The number of ether oxygens (including phenoxy) is 1. The Morgan fingerprint density at radius 3 is 2.04 bits per heavy atom. The summed E-state index contributed by atoms with van der Waals surface area (Å²) in [6.45, 7) is 7.29. The maximum absolute atomic E-state index is 12.3. The number of ketones is 2. The van der Waals surface area contributed by atoms with Crippen LogP contribution in [0.2, 0.25) is 0 Å². The molecule has 0 heterocycles. The highest BCUT2D eigenvalue weighted by molar-refractivity contribution is 5.94. The fourth-order valence-electron chi connectivity index (χ4n) is 2.06. The third-order valence-corrected chi connectivity index (χ3v) is 3.30. The van der Waals surface area contributed by atoms with Crippen molar-refractivity contribution in [3.63, 3.8) is 0 Å². The molecule has 0 unspecified atom stereocenters. The molecule has 0 spiro atoms. The zero-order valence-corrected chi connectivity index (χ0v) is 15.7. The Balaban J connectivity index is 4.47. The monoisotopic (exact) mass is 351 g/mol. The maximum atomic E-state index is 12.3. The van der Waals surface area contributed by atoms with Gasteiger partial charge >= 0.3 is 5.97 Å². The molecule has 0 bridgehead atoms. The third kappa shape index (κ3) is 12.9. The van der Waals surface area contributed by atoms with E-state index < -0.39 is 5.60 Å². The van der Waals surface area contributed by atoms with Gasteiger partial charge in [-0.05, 0) is 46.5 Å². The average molecular weight is 351 g/mol. The number of carbonyl (C=O) groups excluding carboxylic acids is 4. The lowest BCUT2D eigenvalue weighted by molar-refractivity contribution is -0.155. The second kappa shape index (κ2) is 11.4. The Bertz CT molecular complexity index is 525. The molecule has 0 aliphatic heterocycles. The van der Waals surface area contributed by atoms with E-state index >= 15 is 0 Å². The number of hydrogen-bond acceptors (Lipinski definition) is 5. The van der Waals surface area contributed by atoms with E-state index in [4.69, 9.17) is 11.2 Å². The SMILES string of the molecule is C#CC(=O)CCCCC(=O)N(CCC(C)=O)CCC(=O)OC(C)(C)C. The van der Waals surface area contributed by atoms with Crippen molar-refractivity contribution >= 4 is 23.4 Å². The summed E-state index contributed by atoms with van der Waals surface area (Å²) < 4.78 is 5.23. The summed E-state index contributed by atoms with van der Waals surface area (Å²) in [5.74, 6) is 1.22. The zero-order valence-electron chi connectivity index (χ0n) is 15.7. The van der Waals surface area contributed by atoms with Crippen molar-refractivity contribution in [3.05, 3.63) is 0 Å². The molecule has 0 aromatic carbocycles. The highest BCUT2D eigenvalue weighted by Crippen LogP contribution is 2.10. The molecule has 0 aromatic rings. The Hall–Kier alpha value is -2.16. The Kier molecular flexibility index (Phi) is 10.4. The van der Waals surface area contributed by atoms with Crippen LogP contribution in [0.3, 0.4) is 0 Å². The molecular formula is C19H29NO5. The number of carbonyl (C=O) groups is 4. The van der Waals surface area contributed by atoms with Gasteiger partial charge in [0.05, 0.1) is 6.42 Å². The average Bonchev–Trinajstić information content (AvgIpc) is 2.48. The molecule has 0 radical (unpaired) electrons. The molecule has 0 N–H and O–H groups in total. The van der Waals surface area contributed by atoms with Crippen molar-refractivity contribution in [2.24, 2.45) is 0 Å². The molecular weight excluding hydrogens is 322 g/mol. The van der Waals surface area contributed by atoms with Gasteiger partial charge in [-0.25, -0.2) is 0 Å². The van der Waals surface area contributed by atoms with Gasteiger partial charge in [0.15, 0.2) is 0 Å². The van der Waals surface area contributed by atoms with E-state index in [0.29, 0.717) is 12.8 Å².